The molecule has 0 radical (unpaired) electrons. The van der Waals surface area contributed by atoms with Crippen molar-refractivity contribution in [2.24, 2.45) is 0 Å². The van der Waals surface area contributed by atoms with Crippen LogP contribution in [-0.4, -0.2) is 20.0 Å². The van der Waals surface area contributed by atoms with Crippen LogP contribution < -0.4 is 0 Å². The molecule has 2 aromatic carbocycles. The van der Waals surface area contributed by atoms with E-state index in [2.05, 4.69) is 15.9 Å². The van der Waals surface area contributed by atoms with Crippen molar-refractivity contribution in [1.82, 2.24) is 0 Å². The van der Waals surface area contributed by atoms with Gasteiger partial charge >= 0.3 is 0 Å². The maximum absolute atomic E-state index is 13.2. The van der Waals surface area contributed by atoms with E-state index in [1.165, 1.54) is 36.4 Å². The third-order valence-corrected chi connectivity index (χ3v) is 5.71. The quantitative estimate of drug-likeness (QED) is 0.709. The third kappa shape index (κ3) is 2.64. The summed E-state index contributed by atoms with van der Waals surface area (Å²) >= 11 is 3.07. The molecule has 1 heterocycles. The van der Waals surface area contributed by atoms with Crippen molar-refractivity contribution in [2.75, 3.05) is 5.75 Å². The highest BCUT2D eigenvalue weighted by Crippen LogP contribution is 2.29. The van der Waals surface area contributed by atoms with Gasteiger partial charge in [-0.2, -0.15) is 0 Å². The highest BCUT2D eigenvalue weighted by Gasteiger charge is 2.32. The topological polar surface area (TPSA) is 51.2 Å². The van der Waals surface area contributed by atoms with Gasteiger partial charge in [-0.15, -0.1) is 0 Å². The Hall–Kier alpha value is -1.79. The van der Waals surface area contributed by atoms with Crippen molar-refractivity contribution in [3.63, 3.8) is 0 Å². The molecule has 0 fully saturated rings. The van der Waals surface area contributed by atoms with Gasteiger partial charge in [-0.3, -0.25) is 4.79 Å². The van der Waals surface area contributed by atoms with Crippen LogP contribution in [-0.2, 0) is 9.84 Å². The lowest BCUT2D eigenvalue weighted by molar-refractivity contribution is 0.103. The summed E-state index contributed by atoms with van der Waals surface area (Å²) in [7, 11) is -3.54. The lowest BCUT2D eigenvalue weighted by Gasteiger charge is -2.17. The second-order valence-corrected chi connectivity index (χ2v) is 7.74. The second-order valence-electron chi connectivity index (χ2n) is 4.93. The zero-order valence-electron chi connectivity index (χ0n) is 11.2. The van der Waals surface area contributed by atoms with E-state index < -0.39 is 15.7 Å². The number of halogens is 2. The first-order valence-corrected chi connectivity index (χ1v) is 8.85. The number of carbonyl (C=O) groups is 1. The number of benzene rings is 2. The summed E-state index contributed by atoms with van der Waals surface area (Å²) in [5, 5.41) is 0. The first-order valence-electron chi connectivity index (χ1n) is 6.40. The molecule has 0 amide bonds. The molecule has 0 saturated carbocycles. The Labute approximate surface area is 135 Å². The molecule has 0 bridgehead atoms. The Balaban J connectivity index is 2.12. The van der Waals surface area contributed by atoms with Crippen LogP contribution in [0.5, 0.6) is 0 Å². The summed E-state index contributed by atoms with van der Waals surface area (Å²) < 4.78 is 38.1. The summed E-state index contributed by atoms with van der Waals surface area (Å²) in [6.07, 6.45) is 1.49. The lowest BCUT2D eigenvalue weighted by Crippen LogP contribution is -2.24. The fourth-order valence-electron chi connectivity index (χ4n) is 2.36. The zero-order valence-corrected chi connectivity index (χ0v) is 13.6. The summed E-state index contributed by atoms with van der Waals surface area (Å²) in [6.45, 7) is 0. The summed E-state index contributed by atoms with van der Waals surface area (Å²) in [4.78, 5) is 12.5. The molecule has 3 nitrogen and oxygen atoms in total. The monoisotopic (exact) mass is 380 g/mol. The minimum Gasteiger partial charge on any atom is -0.289 e. The van der Waals surface area contributed by atoms with Crippen molar-refractivity contribution in [3.05, 3.63) is 69.5 Å². The Bertz CT molecular complexity index is 917. The minimum atomic E-state index is -3.54. The molecular weight excluding hydrogens is 371 g/mol. The van der Waals surface area contributed by atoms with E-state index in [4.69, 9.17) is 0 Å². The van der Waals surface area contributed by atoms with Gasteiger partial charge in [0.1, 0.15) is 5.82 Å². The number of carbonyl (C=O) groups excluding carboxylic acids is 1. The van der Waals surface area contributed by atoms with Crippen LogP contribution >= 0.6 is 15.9 Å². The zero-order chi connectivity index (χ0) is 15.9. The molecule has 0 aliphatic carbocycles. The van der Waals surface area contributed by atoms with Crippen LogP contribution in [0, 0.1) is 5.82 Å². The Kier molecular flexibility index (Phi) is 3.74. The van der Waals surface area contributed by atoms with Crippen molar-refractivity contribution in [2.45, 2.75) is 4.90 Å². The average Bonchev–Trinajstić information content (AvgIpc) is 2.48. The molecule has 3 rings (SSSR count). The second kappa shape index (κ2) is 5.44. The number of hydrogen-bond acceptors (Lipinski definition) is 3. The lowest BCUT2D eigenvalue weighted by atomic mass is 10.0. The van der Waals surface area contributed by atoms with Gasteiger partial charge in [0.05, 0.1) is 15.1 Å². The van der Waals surface area contributed by atoms with Crippen LogP contribution in [0.15, 0.2) is 57.4 Å². The molecule has 6 heteroatoms. The molecule has 112 valence electrons. The average molecular weight is 381 g/mol. The van der Waals surface area contributed by atoms with Crippen LogP contribution in [0.2, 0.25) is 0 Å². The molecule has 0 saturated heterocycles. The molecule has 1 aliphatic heterocycles. The van der Waals surface area contributed by atoms with Crippen molar-refractivity contribution >= 4 is 37.6 Å². The number of sulfone groups is 1. The SMILES string of the molecule is O=C1/C(=C/c2ccc(F)c(Br)c2)CS(=O)(=O)c2ccccc21. The molecule has 22 heavy (non-hydrogen) atoms. The van der Waals surface area contributed by atoms with Crippen molar-refractivity contribution < 1.29 is 17.6 Å². The highest BCUT2D eigenvalue weighted by atomic mass is 79.9. The predicted molar refractivity (Wildman–Crippen MR) is 84.9 cm³/mol. The first-order chi connectivity index (χ1) is 10.4. The van der Waals surface area contributed by atoms with Crippen molar-refractivity contribution in [1.29, 1.82) is 0 Å². The normalized spacial score (nSPS) is 18.3. The van der Waals surface area contributed by atoms with E-state index in [9.17, 15) is 17.6 Å². The van der Waals surface area contributed by atoms with Gasteiger partial charge < -0.3 is 0 Å². The van der Waals surface area contributed by atoms with E-state index in [1.54, 1.807) is 12.1 Å². The number of Topliss-reactive ketones (excluding diaryl/α,β-unsaturated/α-hetero) is 1. The van der Waals surface area contributed by atoms with Gasteiger partial charge in [-0.25, -0.2) is 12.8 Å². The van der Waals surface area contributed by atoms with Gasteiger partial charge in [0, 0.05) is 11.1 Å². The summed E-state index contributed by atoms with van der Waals surface area (Å²) in [5.41, 5.74) is 0.921. The Morgan fingerprint density at radius 1 is 1.14 bits per heavy atom. The maximum Gasteiger partial charge on any atom is 0.191 e. The highest BCUT2D eigenvalue weighted by molar-refractivity contribution is 9.10. The molecule has 0 atom stereocenters. The Morgan fingerprint density at radius 3 is 2.59 bits per heavy atom. The van der Waals surface area contributed by atoms with E-state index in [0.29, 0.717) is 5.56 Å². The van der Waals surface area contributed by atoms with Crippen LogP contribution in [0.3, 0.4) is 0 Å². The molecule has 2 aromatic rings. The molecule has 1 aliphatic rings. The maximum atomic E-state index is 13.2. The summed E-state index contributed by atoms with van der Waals surface area (Å²) in [6, 6.07) is 10.4. The Morgan fingerprint density at radius 2 is 1.86 bits per heavy atom. The van der Waals surface area contributed by atoms with Gasteiger partial charge in [0.25, 0.3) is 0 Å². The fraction of sp³-hybridized carbons (Fsp3) is 0.0625. The van der Waals surface area contributed by atoms with E-state index in [1.807, 2.05) is 0 Å². The molecule has 0 N–H and O–H groups in total. The number of fused-ring (bicyclic) bond motifs is 1. The van der Waals surface area contributed by atoms with Crippen LogP contribution in [0.25, 0.3) is 6.08 Å². The largest absolute Gasteiger partial charge is 0.289 e. The molecule has 0 aromatic heterocycles. The van der Waals surface area contributed by atoms with E-state index >= 15 is 0 Å². The van der Waals surface area contributed by atoms with Gasteiger partial charge in [0.2, 0.25) is 0 Å². The van der Waals surface area contributed by atoms with Gasteiger partial charge in [-0.05, 0) is 51.8 Å². The van der Waals surface area contributed by atoms with Gasteiger partial charge in [0.15, 0.2) is 15.6 Å². The fourth-order valence-corrected chi connectivity index (χ4v) is 4.31. The minimum absolute atomic E-state index is 0.0671. The summed E-state index contributed by atoms with van der Waals surface area (Å²) in [5.74, 6) is -1.08. The smallest absolute Gasteiger partial charge is 0.191 e. The predicted octanol–water partition coefficient (Wildman–Crippen LogP) is 3.64. The number of ketones is 1. The molecule has 0 unspecified atom stereocenters. The molecule has 0 spiro atoms. The van der Waals surface area contributed by atoms with E-state index in [0.717, 1.165) is 0 Å². The first kappa shape index (κ1) is 15.1. The molecular formula is C16H10BrFO3S. The van der Waals surface area contributed by atoms with E-state index in [-0.39, 0.29) is 32.0 Å². The number of hydrogen-bond donors (Lipinski definition) is 0. The standard InChI is InChI=1S/C16H10BrFO3S/c17-13-8-10(5-6-14(13)18)7-11-9-22(20,21)15-4-2-1-3-12(15)16(11)19/h1-8H,9H2/b11-7+. The van der Waals surface area contributed by atoms with Crippen LogP contribution in [0.4, 0.5) is 4.39 Å². The third-order valence-electron chi connectivity index (χ3n) is 3.39. The van der Waals surface area contributed by atoms with Crippen LogP contribution in [0.1, 0.15) is 15.9 Å². The van der Waals surface area contributed by atoms with Crippen molar-refractivity contribution in [3.8, 4) is 0 Å². The number of rotatable bonds is 1. The van der Waals surface area contributed by atoms with Gasteiger partial charge in [-0.1, -0.05) is 18.2 Å².